The second-order valence-electron chi connectivity index (χ2n) is 5.03. The molecule has 2 heteroatoms. The lowest BCUT2D eigenvalue weighted by Crippen LogP contribution is -2.45. The Bertz CT molecular complexity index is 315. The average Bonchev–Trinajstić information content (AvgIpc) is 2.34. The van der Waals surface area contributed by atoms with Gasteiger partial charge in [0.1, 0.15) is 12.4 Å². The summed E-state index contributed by atoms with van der Waals surface area (Å²) in [4.78, 5) is 2.58. The Kier molecular flexibility index (Phi) is 4.43. The van der Waals surface area contributed by atoms with Crippen LogP contribution >= 0.6 is 0 Å². The van der Waals surface area contributed by atoms with Gasteiger partial charge in [0.15, 0.2) is 0 Å². The molecule has 0 aromatic heterocycles. The van der Waals surface area contributed by atoms with Crippen molar-refractivity contribution in [2.75, 3.05) is 13.2 Å². The first kappa shape index (κ1) is 12.4. The predicted molar refractivity (Wildman–Crippen MR) is 71.4 cm³/mol. The van der Waals surface area contributed by atoms with E-state index in [9.17, 15) is 0 Å². The summed E-state index contributed by atoms with van der Waals surface area (Å²) in [6.07, 6.45) is 4.03. The van der Waals surface area contributed by atoms with Gasteiger partial charge in [-0.25, -0.2) is 0 Å². The fourth-order valence-electron chi connectivity index (χ4n) is 2.70. The van der Waals surface area contributed by atoms with Crippen molar-refractivity contribution in [2.45, 2.75) is 45.2 Å². The second-order valence-corrected chi connectivity index (χ2v) is 5.03. The highest BCUT2D eigenvalue weighted by Gasteiger charge is 2.23. The van der Waals surface area contributed by atoms with Crippen LogP contribution in [0.1, 0.15) is 33.1 Å². The fourth-order valence-corrected chi connectivity index (χ4v) is 2.70. The third-order valence-electron chi connectivity index (χ3n) is 3.74. The van der Waals surface area contributed by atoms with E-state index in [2.05, 4.69) is 18.7 Å². The van der Waals surface area contributed by atoms with Crippen LogP contribution in [0.5, 0.6) is 5.75 Å². The van der Waals surface area contributed by atoms with Crippen LogP contribution in [0.3, 0.4) is 0 Å². The molecule has 1 saturated heterocycles. The molecule has 2 rings (SSSR count). The van der Waals surface area contributed by atoms with Crippen LogP contribution in [0.15, 0.2) is 30.3 Å². The summed E-state index contributed by atoms with van der Waals surface area (Å²) in [6, 6.07) is 11.5. The molecule has 0 spiro atoms. The van der Waals surface area contributed by atoms with Gasteiger partial charge in [-0.15, -0.1) is 0 Å². The van der Waals surface area contributed by atoms with Crippen LogP contribution in [0, 0.1) is 0 Å². The van der Waals surface area contributed by atoms with Crippen molar-refractivity contribution in [3.05, 3.63) is 30.3 Å². The lowest BCUT2D eigenvalue weighted by molar-refractivity contribution is 0.0851. The van der Waals surface area contributed by atoms with Gasteiger partial charge in [0, 0.05) is 18.6 Å². The number of rotatable bonds is 4. The molecule has 0 radical (unpaired) electrons. The highest BCUT2D eigenvalue weighted by molar-refractivity contribution is 5.20. The number of piperidine rings is 1. The van der Waals surface area contributed by atoms with Gasteiger partial charge in [-0.3, -0.25) is 4.90 Å². The molecule has 94 valence electrons. The Hall–Kier alpha value is -1.02. The molecule has 0 bridgehead atoms. The zero-order chi connectivity index (χ0) is 12.1. The van der Waals surface area contributed by atoms with Crippen LogP contribution in [0.2, 0.25) is 0 Å². The summed E-state index contributed by atoms with van der Waals surface area (Å²) < 4.78 is 5.76. The largest absolute Gasteiger partial charge is 0.492 e. The molecule has 2 nitrogen and oxygen atoms in total. The van der Waals surface area contributed by atoms with E-state index in [1.165, 1.54) is 19.3 Å². The predicted octanol–water partition coefficient (Wildman–Crippen LogP) is 3.33. The minimum atomic E-state index is 0.707. The van der Waals surface area contributed by atoms with E-state index in [0.29, 0.717) is 12.1 Å². The molecule has 17 heavy (non-hydrogen) atoms. The van der Waals surface area contributed by atoms with E-state index < -0.39 is 0 Å². The standard InChI is InChI=1S/C15H23NO/c1-13-7-6-8-14(2)16(13)11-12-17-15-9-4-3-5-10-15/h3-5,9-10,13-14H,6-8,11-12H2,1-2H3. The van der Waals surface area contributed by atoms with Crippen molar-refractivity contribution in [3.63, 3.8) is 0 Å². The summed E-state index contributed by atoms with van der Waals surface area (Å²) in [5.41, 5.74) is 0. The molecule has 1 fully saturated rings. The highest BCUT2D eigenvalue weighted by atomic mass is 16.5. The monoisotopic (exact) mass is 233 g/mol. The van der Waals surface area contributed by atoms with Crippen LogP contribution in [0.25, 0.3) is 0 Å². The first-order chi connectivity index (χ1) is 8.27. The maximum atomic E-state index is 5.76. The Morgan fingerprint density at radius 1 is 1.12 bits per heavy atom. The van der Waals surface area contributed by atoms with Crippen molar-refractivity contribution >= 4 is 0 Å². The van der Waals surface area contributed by atoms with E-state index in [1.807, 2.05) is 30.3 Å². The Labute approximate surface area is 105 Å². The first-order valence-corrected chi connectivity index (χ1v) is 6.71. The second kappa shape index (κ2) is 6.06. The van der Waals surface area contributed by atoms with E-state index in [4.69, 9.17) is 4.74 Å². The van der Waals surface area contributed by atoms with Gasteiger partial charge in [-0.05, 0) is 38.8 Å². The van der Waals surface area contributed by atoms with Crippen LogP contribution in [-0.4, -0.2) is 30.1 Å². The summed E-state index contributed by atoms with van der Waals surface area (Å²) >= 11 is 0. The van der Waals surface area contributed by atoms with Crippen LogP contribution in [-0.2, 0) is 0 Å². The van der Waals surface area contributed by atoms with Crippen LogP contribution < -0.4 is 4.74 Å². The maximum Gasteiger partial charge on any atom is 0.119 e. The minimum Gasteiger partial charge on any atom is -0.492 e. The van der Waals surface area contributed by atoms with Gasteiger partial charge >= 0.3 is 0 Å². The molecule has 1 aliphatic heterocycles. The van der Waals surface area contributed by atoms with Gasteiger partial charge in [0.2, 0.25) is 0 Å². The molecule has 0 amide bonds. The number of ether oxygens (including phenoxy) is 1. The fraction of sp³-hybridized carbons (Fsp3) is 0.600. The van der Waals surface area contributed by atoms with Gasteiger partial charge in [-0.2, -0.15) is 0 Å². The van der Waals surface area contributed by atoms with Gasteiger partial charge < -0.3 is 4.74 Å². The molecule has 1 aromatic rings. The smallest absolute Gasteiger partial charge is 0.119 e. The third kappa shape index (κ3) is 3.47. The first-order valence-electron chi connectivity index (χ1n) is 6.71. The Balaban J connectivity index is 1.77. The average molecular weight is 233 g/mol. The molecule has 1 aromatic carbocycles. The zero-order valence-electron chi connectivity index (χ0n) is 10.9. The van der Waals surface area contributed by atoms with Crippen molar-refractivity contribution in [1.82, 2.24) is 4.90 Å². The quantitative estimate of drug-likeness (QED) is 0.791. The molecule has 0 N–H and O–H groups in total. The molecule has 0 aliphatic carbocycles. The minimum absolute atomic E-state index is 0.707. The number of nitrogens with zero attached hydrogens (tertiary/aromatic N) is 1. The van der Waals surface area contributed by atoms with E-state index in [-0.39, 0.29) is 0 Å². The van der Waals surface area contributed by atoms with Crippen molar-refractivity contribution in [3.8, 4) is 5.75 Å². The Morgan fingerprint density at radius 3 is 2.41 bits per heavy atom. The van der Waals surface area contributed by atoms with E-state index in [0.717, 1.165) is 18.9 Å². The van der Waals surface area contributed by atoms with Crippen molar-refractivity contribution in [2.24, 2.45) is 0 Å². The number of hydrogen-bond acceptors (Lipinski definition) is 2. The van der Waals surface area contributed by atoms with Crippen molar-refractivity contribution in [1.29, 1.82) is 0 Å². The van der Waals surface area contributed by atoms with Gasteiger partial charge in [-0.1, -0.05) is 24.6 Å². The number of benzene rings is 1. The van der Waals surface area contributed by atoms with E-state index in [1.54, 1.807) is 0 Å². The summed E-state index contributed by atoms with van der Waals surface area (Å²) in [5.74, 6) is 0.977. The maximum absolute atomic E-state index is 5.76. The molecule has 2 atom stereocenters. The summed E-state index contributed by atoms with van der Waals surface area (Å²) in [5, 5.41) is 0. The number of likely N-dealkylation sites (tertiary alicyclic amines) is 1. The third-order valence-corrected chi connectivity index (χ3v) is 3.74. The molecule has 1 aliphatic rings. The SMILES string of the molecule is CC1CCCC(C)N1CCOc1ccccc1. The van der Waals surface area contributed by atoms with Crippen molar-refractivity contribution < 1.29 is 4.74 Å². The number of hydrogen-bond donors (Lipinski definition) is 0. The normalized spacial score (nSPS) is 25.8. The Morgan fingerprint density at radius 2 is 1.76 bits per heavy atom. The molecular formula is C15H23NO. The molecule has 0 saturated carbocycles. The molecular weight excluding hydrogens is 210 g/mol. The lowest BCUT2D eigenvalue weighted by Gasteiger charge is -2.38. The zero-order valence-corrected chi connectivity index (χ0v) is 10.9. The van der Waals surface area contributed by atoms with Gasteiger partial charge in [0.25, 0.3) is 0 Å². The van der Waals surface area contributed by atoms with Gasteiger partial charge in [0.05, 0.1) is 0 Å². The number of para-hydroxylation sites is 1. The molecule has 2 unspecified atom stereocenters. The highest BCUT2D eigenvalue weighted by Crippen LogP contribution is 2.22. The summed E-state index contributed by atoms with van der Waals surface area (Å²) in [6.45, 7) is 6.49. The molecule has 1 heterocycles. The topological polar surface area (TPSA) is 12.5 Å². The summed E-state index contributed by atoms with van der Waals surface area (Å²) in [7, 11) is 0. The van der Waals surface area contributed by atoms with Crippen LogP contribution in [0.4, 0.5) is 0 Å². The lowest BCUT2D eigenvalue weighted by atomic mass is 9.98. The van der Waals surface area contributed by atoms with E-state index >= 15 is 0 Å².